The summed E-state index contributed by atoms with van der Waals surface area (Å²) in [6, 6.07) is 1.40. The average Bonchev–Trinajstić information content (AvgIpc) is 2.80. The van der Waals surface area contributed by atoms with Gasteiger partial charge in [0.25, 0.3) is 0 Å². The molecule has 1 N–H and O–H groups in total. The Kier molecular flexibility index (Phi) is 3.96. The van der Waals surface area contributed by atoms with Gasteiger partial charge in [0.1, 0.15) is 0 Å². The van der Waals surface area contributed by atoms with E-state index in [-0.39, 0.29) is 0 Å². The van der Waals surface area contributed by atoms with E-state index in [0.29, 0.717) is 11.5 Å². The van der Waals surface area contributed by atoms with Gasteiger partial charge in [-0.1, -0.05) is 27.7 Å². The number of rotatable bonds is 2. The number of hydrogen-bond donors (Lipinski definition) is 1. The van der Waals surface area contributed by atoms with Crippen LogP contribution in [0, 0.1) is 5.41 Å². The number of likely N-dealkylation sites (tertiary alicyclic amines) is 1. The summed E-state index contributed by atoms with van der Waals surface area (Å²) < 4.78 is 0. The van der Waals surface area contributed by atoms with Crippen LogP contribution in [0.1, 0.15) is 40.5 Å². The van der Waals surface area contributed by atoms with Crippen molar-refractivity contribution in [1.82, 2.24) is 10.2 Å². The van der Waals surface area contributed by atoms with Gasteiger partial charge >= 0.3 is 0 Å². The molecule has 1 aliphatic heterocycles. The summed E-state index contributed by atoms with van der Waals surface area (Å²) in [6.07, 6.45) is 2.89. The van der Waals surface area contributed by atoms with Crippen LogP contribution in [0.3, 0.4) is 0 Å². The number of nitrogens with one attached hydrogen (secondary N) is 1. The van der Waals surface area contributed by atoms with Crippen LogP contribution in [0.2, 0.25) is 0 Å². The van der Waals surface area contributed by atoms with Crippen molar-refractivity contribution in [3.8, 4) is 0 Å². The second kappa shape index (κ2) is 4.63. The van der Waals surface area contributed by atoms with Crippen molar-refractivity contribution in [1.29, 1.82) is 0 Å². The third-order valence-corrected chi connectivity index (χ3v) is 3.25. The van der Waals surface area contributed by atoms with E-state index in [0.717, 1.165) is 6.04 Å². The summed E-state index contributed by atoms with van der Waals surface area (Å²) in [5.41, 5.74) is 0.680. The Morgan fingerprint density at radius 2 is 1.86 bits per heavy atom. The molecule has 0 aromatic rings. The van der Waals surface area contributed by atoms with Crippen molar-refractivity contribution in [2.45, 2.75) is 52.6 Å². The second-order valence-corrected chi connectivity index (χ2v) is 4.93. The predicted octanol–water partition coefficient (Wildman–Crippen LogP) is 2.10. The van der Waals surface area contributed by atoms with Gasteiger partial charge in [0.2, 0.25) is 0 Å². The van der Waals surface area contributed by atoms with Gasteiger partial charge in [0, 0.05) is 25.2 Å². The molecular formula is C12H26N2. The highest BCUT2D eigenvalue weighted by Gasteiger charge is 2.53. The fourth-order valence-electron chi connectivity index (χ4n) is 2.52. The molecule has 2 heteroatoms. The largest absolute Gasteiger partial charge is 0.310 e. The topological polar surface area (TPSA) is 15.3 Å². The molecule has 0 bridgehead atoms. The summed E-state index contributed by atoms with van der Waals surface area (Å²) in [7, 11) is 2.24. The molecular weight excluding hydrogens is 172 g/mol. The zero-order valence-corrected chi connectivity index (χ0v) is 10.4. The minimum Gasteiger partial charge on any atom is -0.310 e. The molecule has 2 nitrogen and oxygen atoms in total. The van der Waals surface area contributed by atoms with Gasteiger partial charge in [-0.15, -0.1) is 0 Å². The molecule has 1 unspecified atom stereocenters. The first-order valence-corrected chi connectivity index (χ1v) is 6.07. The van der Waals surface area contributed by atoms with E-state index >= 15 is 0 Å². The van der Waals surface area contributed by atoms with Crippen LogP contribution in [0.25, 0.3) is 0 Å². The van der Waals surface area contributed by atoms with Gasteiger partial charge in [-0.05, 0) is 25.3 Å². The quantitative estimate of drug-likeness (QED) is 0.731. The maximum atomic E-state index is 3.68. The van der Waals surface area contributed by atoms with Gasteiger partial charge in [-0.3, -0.25) is 0 Å². The highest BCUT2D eigenvalue weighted by molar-refractivity contribution is 5.09. The zero-order valence-electron chi connectivity index (χ0n) is 10.4. The molecule has 0 amide bonds. The molecule has 1 heterocycles. The molecule has 14 heavy (non-hydrogen) atoms. The first kappa shape index (κ1) is 12.0. The van der Waals surface area contributed by atoms with E-state index in [1.54, 1.807) is 0 Å². The van der Waals surface area contributed by atoms with Crippen molar-refractivity contribution >= 4 is 0 Å². The minimum atomic E-state index is 0.638. The Hall–Kier alpha value is -0.0800. The summed E-state index contributed by atoms with van der Waals surface area (Å²) in [6.45, 7) is 11.1. The van der Waals surface area contributed by atoms with Crippen LogP contribution in [-0.4, -0.2) is 37.1 Å². The maximum absolute atomic E-state index is 3.68. The van der Waals surface area contributed by atoms with E-state index in [1.165, 1.54) is 25.9 Å². The SMILES string of the molecule is CC.CC(C)NC1CN(C)CC12CC2. The Bertz CT molecular complexity index is 173. The Balaban J connectivity index is 0.000000461. The lowest BCUT2D eigenvalue weighted by Gasteiger charge is -2.21. The van der Waals surface area contributed by atoms with Crippen molar-refractivity contribution in [3.05, 3.63) is 0 Å². The number of hydrogen-bond acceptors (Lipinski definition) is 2. The van der Waals surface area contributed by atoms with Crippen molar-refractivity contribution in [3.63, 3.8) is 0 Å². The molecule has 1 saturated heterocycles. The first-order valence-electron chi connectivity index (χ1n) is 6.07. The Labute approximate surface area is 89.1 Å². The Morgan fingerprint density at radius 3 is 2.29 bits per heavy atom. The molecule has 1 aliphatic carbocycles. The van der Waals surface area contributed by atoms with Gasteiger partial charge in [-0.2, -0.15) is 0 Å². The van der Waals surface area contributed by atoms with Crippen LogP contribution in [0.15, 0.2) is 0 Å². The monoisotopic (exact) mass is 198 g/mol. The molecule has 2 aliphatic rings. The molecule has 2 rings (SSSR count). The lowest BCUT2D eigenvalue weighted by molar-refractivity contribution is 0.380. The van der Waals surface area contributed by atoms with Crippen molar-refractivity contribution in [2.24, 2.45) is 5.41 Å². The molecule has 84 valence electrons. The highest BCUT2D eigenvalue weighted by atomic mass is 15.2. The summed E-state index contributed by atoms with van der Waals surface area (Å²) >= 11 is 0. The van der Waals surface area contributed by atoms with E-state index in [1.807, 2.05) is 13.8 Å². The predicted molar refractivity (Wildman–Crippen MR) is 62.6 cm³/mol. The third-order valence-electron chi connectivity index (χ3n) is 3.25. The smallest absolute Gasteiger partial charge is 0.0265 e. The zero-order chi connectivity index (χ0) is 10.8. The highest BCUT2D eigenvalue weighted by Crippen LogP contribution is 2.52. The first-order chi connectivity index (χ1) is 6.62. The minimum absolute atomic E-state index is 0.638. The van der Waals surface area contributed by atoms with Gasteiger partial charge in [0.15, 0.2) is 0 Å². The molecule has 1 spiro atoms. The molecule has 0 aromatic carbocycles. The fraction of sp³-hybridized carbons (Fsp3) is 1.00. The van der Waals surface area contributed by atoms with Crippen molar-refractivity contribution in [2.75, 3.05) is 20.1 Å². The van der Waals surface area contributed by atoms with E-state index in [2.05, 4.69) is 31.1 Å². The van der Waals surface area contributed by atoms with Crippen LogP contribution in [-0.2, 0) is 0 Å². The van der Waals surface area contributed by atoms with E-state index < -0.39 is 0 Å². The van der Waals surface area contributed by atoms with Gasteiger partial charge in [0.05, 0.1) is 0 Å². The second-order valence-electron chi connectivity index (χ2n) is 4.93. The van der Waals surface area contributed by atoms with Crippen LogP contribution >= 0.6 is 0 Å². The van der Waals surface area contributed by atoms with Crippen LogP contribution in [0.5, 0.6) is 0 Å². The molecule has 1 atom stereocenters. The summed E-state index contributed by atoms with van der Waals surface area (Å²) in [5, 5.41) is 3.68. The normalized spacial score (nSPS) is 29.1. The summed E-state index contributed by atoms with van der Waals surface area (Å²) in [5.74, 6) is 0. The lowest BCUT2D eigenvalue weighted by Crippen LogP contribution is -2.41. The van der Waals surface area contributed by atoms with E-state index in [9.17, 15) is 0 Å². The standard InChI is InChI=1S/C10H20N2.C2H6/c1-8(2)11-9-6-12(3)7-10(9)4-5-10;1-2/h8-9,11H,4-7H2,1-3H3;1-2H3. The maximum Gasteiger partial charge on any atom is 0.0265 e. The molecule has 1 saturated carbocycles. The molecule has 2 fully saturated rings. The van der Waals surface area contributed by atoms with Crippen LogP contribution in [0.4, 0.5) is 0 Å². The lowest BCUT2D eigenvalue weighted by atomic mass is 10.0. The third kappa shape index (κ3) is 2.48. The van der Waals surface area contributed by atoms with Gasteiger partial charge in [-0.25, -0.2) is 0 Å². The van der Waals surface area contributed by atoms with E-state index in [4.69, 9.17) is 0 Å². The van der Waals surface area contributed by atoms with Crippen LogP contribution < -0.4 is 5.32 Å². The molecule has 0 radical (unpaired) electrons. The average molecular weight is 198 g/mol. The molecule has 0 aromatic heterocycles. The number of likely N-dealkylation sites (N-methyl/N-ethyl adjacent to an activating group) is 1. The fourth-order valence-corrected chi connectivity index (χ4v) is 2.52. The Morgan fingerprint density at radius 1 is 1.29 bits per heavy atom. The van der Waals surface area contributed by atoms with Crippen molar-refractivity contribution < 1.29 is 0 Å². The number of nitrogens with zero attached hydrogens (tertiary/aromatic N) is 1. The summed E-state index contributed by atoms with van der Waals surface area (Å²) in [4.78, 5) is 2.47. The van der Waals surface area contributed by atoms with Gasteiger partial charge < -0.3 is 10.2 Å².